The van der Waals surface area contributed by atoms with Crippen molar-refractivity contribution in [1.29, 1.82) is 0 Å². The summed E-state index contributed by atoms with van der Waals surface area (Å²) in [6, 6.07) is 10.2. The molecule has 4 amide bonds. The third kappa shape index (κ3) is 8.84. The van der Waals surface area contributed by atoms with Crippen LogP contribution >= 0.6 is 11.6 Å². The van der Waals surface area contributed by atoms with Gasteiger partial charge in [0.2, 0.25) is 17.8 Å². The summed E-state index contributed by atoms with van der Waals surface area (Å²) in [6.45, 7) is 11.1. The van der Waals surface area contributed by atoms with E-state index in [1.54, 1.807) is 29.0 Å². The number of amides is 4. The van der Waals surface area contributed by atoms with Gasteiger partial charge in [-0.1, -0.05) is 31.5 Å². The summed E-state index contributed by atoms with van der Waals surface area (Å²) in [5.41, 5.74) is 2.16. The Morgan fingerprint density at radius 1 is 1.02 bits per heavy atom. The van der Waals surface area contributed by atoms with Gasteiger partial charge in [0.25, 0.3) is 17.4 Å². The van der Waals surface area contributed by atoms with Gasteiger partial charge in [0.15, 0.2) is 18.2 Å². The zero-order chi connectivity index (χ0) is 46.6. The minimum Gasteiger partial charge on any atom is -0.478 e. The van der Waals surface area contributed by atoms with Crippen LogP contribution in [-0.4, -0.2) is 112 Å². The van der Waals surface area contributed by atoms with Gasteiger partial charge < -0.3 is 34.5 Å². The largest absolute Gasteiger partial charge is 0.478 e. The Morgan fingerprint density at radius 3 is 2.50 bits per heavy atom. The fraction of sp³-hybridized carbons (Fsp3) is 0.521. The number of carbonyl (C=O) groups excluding carboxylic acids is 4. The number of aromatic nitrogens is 3. The summed E-state index contributed by atoms with van der Waals surface area (Å²) in [7, 11) is 1.51. The normalized spacial score (nSPS) is 23.5. The Bertz CT molecular complexity index is 2640. The topological polar surface area (TPSA) is 180 Å². The molecule has 0 spiro atoms. The number of likely N-dealkylation sites (N-methyl/N-ethyl adjacent to an activating group) is 1. The molecule has 1 aliphatic carbocycles. The Morgan fingerprint density at radius 2 is 1.79 bits per heavy atom. The van der Waals surface area contributed by atoms with Crippen LogP contribution in [0.3, 0.4) is 0 Å². The number of nitrogens with one attached hydrogen (secondary N) is 3. The predicted molar refractivity (Wildman–Crippen MR) is 247 cm³/mol. The highest BCUT2D eigenvalue weighted by atomic mass is 35.5. The SMILES string of the molecule is CNC(=O)COc1cc2cc(Nc3nc(N4CCC(OC5CC(N6CCC(c7ccc8c(c7F)CN([C@@H]7CCC(=O)NC7=O)C8=O)C(C)(C)C6)C5)CC4)ncc3Cl)ccc2n(C(C)C)c1=O. The second-order valence-corrected chi connectivity index (χ2v) is 19.7. The maximum atomic E-state index is 16.3. The first-order valence-electron chi connectivity index (χ1n) is 23.0. The lowest BCUT2D eigenvalue weighted by Crippen LogP contribution is -2.55. The molecule has 6 heterocycles. The highest BCUT2D eigenvalue weighted by molar-refractivity contribution is 6.33. The number of likely N-dealkylation sites (tertiary alicyclic amines) is 1. The van der Waals surface area contributed by atoms with Crippen molar-refractivity contribution in [2.45, 2.75) is 115 Å². The highest BCUT2D eigenvalue weighted by Crippen LogP contribution is 2.47. The molecule has 3 saturated heterocycles. The number of piperidine rings is 3. The number of ether oxygens (including phenoxy) is 2. The molecule has 9 rings (SSSR count). The number of rotatable bonds is 12. The van der Waals surface area contributed by atoms with E-state index in [0.29, 0.717) is 45.2 Å². The minimum atomic E-state index is -0.782. The number of hydrogen-bond acceptors (Lipinski definition) is 12. The van der Waals surface area contributed by atoms with Crippen LogP contribution in [0.4, 0.5) is 21.8 Å². The van der Waals surface area contributed by atoms with Crippen molar-refractivity contribution < 1.29 is 33.0 Å². The lowest BCUT2D eigenvalue weighted by Gasteiger charge is -2.51. The second-order valence-electron chi connectivity index (χ2n) is 19.3. The van der Waals surface area contributed by atoms with E-state index in [0.717, 1.165) is 69.2 Å². The Kier molecular flexibility index (Phi) is 12.6. The van der Waals surface area contributed by atoms with Crippen molar-refractivity contribution >= 4 is 63.6 Å². The number of fused-ring (bicyclic) bond motifs is 2. The molecule has 1 unspecified atom stereocenters. The number of imide groups is 1. The quantitative estimate of drug-likeness (QED) is 0.145. The van der Waals surface area contributed by atoms with Crippen LogP contribution in [0.1, 0.15) is 106 Å². The molecule has 4 aromatic rings. The molecule has 18 heteroatoms. The smallest absolute Gasteiger partial charge is 0.293 e. The number of pyridine rings is 1. The Balaban J connectivity index is 0.767. The lowest BCUT2D eigenvalue weighted by atomic mass is 9.69. The van der Waals surface area contributed by atoms with Gasteiger partial charge in [0.05, 0.1) is 30.5 Å². The highest BCUT2D eigenvalue weighted by Gasteiger charge is 2.46. The van der Waals surface area contributed by atoms with Crippen molar-refractivity contribution in [2.24, 2.45) is 5.41 Å². The summed E-state index contributed by atoms with van der Waals surface area (Å²) in [5, 5.41) is 9.25. The standard InChI is InChI=1S/C48H57ClFN9O7/c1-26(2)59-37-9-6-28(18-27(37)19-39(46(59)64)65-24-41(61)51-5)53-43-36(49)22-52-47(55-43)56-15-12-30(13-16-56)66-31-20-29(21-31)57-17-14-35(48(3,4)25-57)33-8-7-32-34(42(33)50)23-58(45(32)63)38-10-11-40(60)54-44(38)62/h6-9,18-19,22,26,29-31,35,38H,10-17,20-21,23-25H2,1-5H3,(H,51,61)(H,52,53,55)(H,54,60,62)/t29?,31?,35?,38-/m1/s1. The van der Waals surface area contributed by atoms with Gasteiger partial charge >= 0.3 is 0 Å². The lowest BCUT2D eigenvalue weighted by molar-refractivity contribution is -0.137. The van der Waals surface area contributed by atoms with Crippen LogP contribution in [0.15, 0.2) is 47.4 Å². The van der Waals surface area contributed by atoms with E-state index < -0.39 is 11.9 Å². The van der Waals surface area contributed by atoms with Crippen molar-refractivity contribution in [3.8, 4) is 5.75 Å². The van der Waals surface area contributed by atoms with Gasteiger partial charge in [-0.05, 0) is 106 Å². The summed E-state index contributed by atoms with van der Waals surface area (Å²) in [4.78, 5) is 78.1. The van der Waals surface area contributed by atoms with E-state index >= 15 is 4.39 Å². The van der Waals surface area contributed by atoms with Gasteiger partial charge in [0, 0.05) is 67.4 Å². The summed E-state index contributed by atoms with van der Waals surface area (Å²) < 4.78 is 30.2. The maximum absolute atomic E-state index is 16.3. The molecule has 4 fully saturated rings. The molecular formula is C48H57ClFN9O7. The van der Waals surface area contributed by atoms with Crippen molar-refractivity contribution in [1.82, 2.24) is 35.0 Å². The molecule has 4 aliphatic heterocycles. The first kappa shape index (κ1) is 45.5. The van der Waals surface area contributed by atoms with E-state index in [1.165, 1.54) is 11.9 Å². The maximum Gasteiger partial charge on any atom is 0.293 e. The molecule has 5 aliphatic rings. The number of benzene rings is 2. The van der Waals surface area contributed by atoms with E-state index in [2.05, 4.69) is 44.6 Å². The molecule has 66 heavy (non-hydrogen) atoms. The molecule has 3 N–H and O–H groups in total. The fourth-order valence-corrected chi connectivity index (χ4v) is 10.7. The monoisotopic (exact) mass is 925 g/mol. The van der Waals surface area contributed by atoms with Crippen LogP contribution in [0, 0.1) is 11.2 Å². The Hall–Kier alpha value is -5.65. The molecule has 2 aromatic carbocycles. The van der Waals surface area contributed by atoms with E-state index in [1.807, 2.05) is 32.0 Å². The zero-order valence-corrected chi connectivity index (χ0v) is 38.8. The van der Waals surface area contributed by atoms with Crippen LogP contribution in [0.2, 0.25) is 5.02 Å². The predicted octanol–water partition coefficient (Wildman–Crippen LogP) is 5.83. The van der Waals surface area contributed by atoms with Gasteiger partial charge in [-0.2, -0.15) is 4.98 Å². The molecule has 2 aromatic heterocycles. The van der Waals surface area contributed by atoms with Gasteiger partial charge in [0.1, 0.15) is 16.9 Å². The average Bonchev–Trinajstić information content (AvgIpc) is 3.60. The van der Waals surface area contributed by atoms with Crippen molar-refractivity contribution in [3.05, 3.63) is 80.5 Å². The summed E-state index contributed by atoms with van der Waals surface area (Å²) >= 11 is 6.61. The van der Waals surface area contributed by atoms with Gasteiger partial charge in [-0.25, -0.2) is 9.37 Å². The van der Waals surface area contributed by atoms with Crippen LogP contribution in [0.25, 0.3) is 10.9 Å². The molecule has 350 valence electrons. The van der Waals surface area contributed by atoms with Crippen LogP contribution in [0.5, 0.6) is 5.75 Å². The number of anilines is 3. The first-order chi connectivity index (χ1) is 31.6. The number of carbonyl (C=O) groups is 4. The van der Waals surface area contributed by atoms with E-state index in [-0.39, 0.29) is 90.4 Å². The number of nitrogens with zero attached hydrogens (tertiary/aromatic N) is 6. The molecule has 1 saturated carbocycles. The van der Waals surface area contributed by atoms with Gasteiger partial charge in [-0.3, -0.25) is 34.2 Å². The molecular weight excluding hydrogens is 869 g/mol. The van der Waals surface area contributed by atoms with Crippen LogP contribution < -0.4 is 31.1 Å². The number of halogens is 2. The number of hydrogen-bond donors (Lipinski definition) is 3. The van der Waals surface area contributed by atoms with Crippen molar-refractivity contribution in [2.75, 3.05) is 50.1 Å². The molecule has 0 radical (unpaired) electrons. The third-order valence-electron chi connectivity index (χ3n) is 14.2. The Labute approximate surface area is 387 Å². The second kappa shape index (κ2) is 18.2. The minimum absolute atomic E-state index is 0.0245. The fourth-order valence-electron chi connectivity index (χ4n) is 10.6. The van der Waals surface area contributed by atoms with Gasteiger partial charge in [-0.15, -0.1) is 0 Å². The zero-order valence-electron chi connectivity index (χ0n) is 38.0. The summed E-state index contributed by atoms with van der Waals surface area (Å²) in [6.07, 6.45) is 6.68. The van der Waals surface area contributed by atoms with Crippen molar-refractivity contribution in [3.63, 3.8) is 0 Å². The summed E-state index contributed by atoms with van der Waals surface area (Å²) in [5.74, 6) is -0.846. The molecule has 2 atom stereocenters. The first-order valence-corrected chi connectivity index (χ1v) is 23.4. The average molecular weight is 926 g/mol. The third-order valence-corrected chi connectivity index (χ3v) is 14.4. The molecule has 16 nitrogen and oxygen atoms in total. The molecule has 0 bridgehead atoms. The van der Waals surface area contributed by atoms with Crippen LogP contribution in [-0.2, 0) is 25.7 Å². The van der Waals surface area contributed by atoms with E-state index in [9.17, 15) is 24.0 Å². The van der Waals surface area contributed by atoms with E-state index in [4.69, 9.17) is 26.1 Å².